The van der Waals surface area contributed by atoms with Gasteiger partial charge in [-0.25, -0.2) is 4.79 Å². The number of morpholine rings is 1. The maximum absolute atomic E-state index is 12.7. The van der Waals surface area contributed by atoms with Crippen molar-refractivity contribution in [2.45, 2.75) is 20.1 Å². The van der Waals surface area contributed by atoms with Crippen molar-refractivity contribution in [2.75, 3.05) is 32.9 Å². The highest BCUT2D eigenvalue weighted by atomic mass is 16.5. The van der Waals surface area contributed by atoms with Gasteiger partial charge in [0, 0.05) is 36.8 Å². The first-order valence-electron chi connectivity index (χ1n) is 8.39. The van der Waals surface area contributed by atoms with Crippen LogP contribution in [0.5, 0.6) is 0 Å². The fourth-order valence-corrected chi connectivity index (χ4v) is 3.07. The quantitative estimate of drug-likeness (QED) is 0.786. The van der Waals surface area contributed by atoms with Crippen molar-refractivity contribution in [2.24, 2.45) is 0 Å². The fourth-order valence-electron chi connectivity index (χ4n) is 3.07. The zero-order chi connectivity index (χ0) is 17.8. The number of esters is 1. The van der Waals surface area contributed by atoms with Crippen LogP contribution >= 0.6 is 0 Å². The average Bonchev–Trinajstić information content (AvgIpc) is 2.63. The standard InChI is InChI=1S/C18H22N2O5/c1-2-25-18(23)15-9-19-16-13(11-21)7-12(8-14(16)17(15)22)10-20-3-5-24-6-4-20/h7-9,21H,2-6,10-11H2,1H3,(H,19,22). The molecule has 1 aliphatic rings. The van der Waals surface area contributed by atoms with Gasteiger partial charge in [0.2, 0.25) is 5.43 Å². The number of rotatable bonds is 5. The Morgan fingerprint density at radius 3 is 2.80 bits per heavy atom. The van der Waals surface area contributed by atoms with Crippen LogP contribution in [0.2, 0.25) is 0 Å². The van der Waals surface area contributed by atoms with Gasteiger partial charge in [-0.1, -0.05) is 6.07 Å². The van der Waals surface area contributed by atoms with Gasteiger partial charge in [-0.2, -0.15) is 0 Å². The predicted octanol–water partition coefficient (Wildman–Crippen LogP) is 1.03. The van der Waals surface area contributed by atoms with Gasteiger partial charge in [0.15, 0.2) is 0 Å². The summed E-state index contributed by atoms with van der Waals surface area (Å²) in [5.74, 6) is -0.644. The Balaban J connectivity index is 2.03. The molecule has 0 unspecified atom stereocenters. The Hall–Kier alpha value is -2.22. The maximum atomic E-state index is 12.7. The highest BCUT2D eigenvalue weighted by Gasteiger charge is 2.17. The Labute approximate surface area is 145 Å². The number of fused-ring (bicyclic) bond motifs is 1. The lowest BCUT2D eigenvalue weighted by Crippen LogP contribution is -2.35. The lowest BCUT2D eigenvalue weighted by Gasteiger charge is -2.26. The van der Waals surface area contributed by atoms with Crippen molar-refractivity contribution in [1.29, 1.82) is 0 Å². The number of hydrogen-bond donors (Lipinski definition) is 2. The summed E-state index contributed by atoms with van der Waals surface area (Å²) in [6.07, 6.45) is 1.35. The van der Waals surface area contributed by atoms with Crippen LogP contribution in [-0.2, 0) is 22.6 Å². The first-order valence-corrected chi connectivity index (χ1v) is 8.39. The van der Waals surface area contributed by atoms with Crippen molar-refractivity contribution in [3.05, 3.63) is 45.2 Å². The van der Waals surface area contributed by atoms with E-state index in [1.807, 2.05) is 6.07 Å². The number of aromatic nitrogens is 1. The third-order valence-electron chi connectivity index (χ3n) is 4.31. The summed E-state index contributed by atoms with van der Waals surface area (Å²) < 4.78 is 10.3. The van der Waals surface area contributed by atoms with E-state index in [1.165, 1.54) is 6.20 Å². The van der Waals surface area contributed by atoms with E-state index in [1.54, 1.807) is 13.0 Å². The summed E-state index contributed by atoms with van der Waals surface area (Å²) in [5, 5.41) is 10.1. The average molecular weight is 346 g/mol. The second-order valence-electron chi connectivity index (χ2n) is 5.98. The first-order chi connectivity index (χ1) is 12.1. The minimum atomic E-state index is -0.644. The second kappa shape index (κ2) is 7.77. The largest absolute Gasteiger partial charge is 0.462 e. The Morgan fingerprint density at radius 1 is 1.36 bits per heavy atom. The van der Waals surface area contributed by atoms with E-state index < -0.39 is 5.97 Å². The van der Waals surface area contributed by atoms with E-state index in [0.717, 1.165) is 18.7 Å². The van der Waals surface area contributed by atoms with E-state index in [9.17, 15) is 14.7 Å². The van der Waals surface area contributed by atoms with Crippen LogP contribution in [-0.4, -0.2) is 53.9 Å². The summed E-state index contributed by atoms with van der Waals surface area (Å²) in [7, 11) is 0. The molecule has 0 atom stereocenters. The summed E-state index contributed by atoms with van der Waals surface area (Å²) in [6, 6.07) is 3.67. The van der Waals surface area contributed by atoms with Gasteiger partial charge >= 0.3 is 5.97 Å². The molecular formula is C18H22N2O5. The van der Waals surface area contributed by atoms with Gasteiger partial charge < -0.3 is 19.6 Å². The van der Waals surface area contributed by atoms with E-state index in [4.69, 9.17) is 9.47 Å². The van der Waals surface area contributed by atoms with Gasteiger partial charge in [0.05, 0.1) is 31.9 Å². The molecule has 0 radical (unpaired) electrons. The molecule has 1 fully saturated rings. The number of aromatic amines is 1. The number of H-pyrrole nitrogens is 1. The lowest BCUT2D eigenvalue weighted by atomic mass is 10.0. The molecule has 1 aliphatic heterocycles. The number of carbonyl (C=O) groups is 1. The molecule has 2 aromatic rings. The van der Waals surface area contributed by atoms with Crippen LogP contribution in [0.1, 0.15) is 28.4 Å². The van der Waals surface area contributed by atoms with E-state index in [0.29, 0.717) is 36.2 Å². The SMILES string of the molecule is CCOC(=O)c1c[nH]c2c(CO)cc(CN3CCOCC3)cc2c1=O. The summed E-state index contributed by atoms with van der Waals surface area (Å²) in [5.41, 5.74) is 1.69. The van der Waals surface area contributed by atoms with Gasteiger partial charge in [0.25, 0.3) is 0 Å². The van der Waals surface area contributed by atoms with E-state index in [-0.39, 0.29) is 24.2 Å². The highest BCUT2D eigenvalue weighted by molar-refractivity contribution is 5.94. The number of nitrogens with one attached hydrogen (secondary N) is 1. The topological polar surface area (TPSA) is 91.9 Å². The summed E-state index contributed by atoms with van der Waals surface area (Å²) in [6.45, 7) is 5.39. The first kappa shape index (κ1) is 17.6. The van der Waals surface area contributed by atoms with Gasteiger partial charge in [-0.3, -0.25) is 9.69 Å². The molecular weight excluding hydrogens is 324 g/mol. The van der Waals surface area contributed by atoms with Crippen LogP contribution < -0.4 is 5.43 Å². The number of pyridine rings is 1. The van der Waals surface area contributed by atoms with Crippen molar-refractivity contribution in [3.63, 3.8) is 0 Å². The molecule has 7 heteroatoms. The van der Waals surface area contributed by atoms with Crippen LogP contribution in [0.25, 0.3) is 10.9 Å². The Morgan fingerprint density at radius 2 is 2.12 bits per heavy atom. The van der Waals surface area contributed by atoms with Crippen LogP contribution in [0.15, 0.2) is 23.1 Å². The van der Waals surface area contributed by atoms with Crippen LogP contribution in [0.3, 0.4) is 0 Å². The summed E-state index contributed by atoms with van der Waals surface area (Å²) >= 11 is 0. The second-order valence-corrected chi connectivity index (χ2v) is 5.98. The zero-order valence-electron chi connectivity index (χ0n) is 14.2. The molecule has 134 valence electrons. The molecule has 0 saturated carbocycles. The maximum Gasteiger partial charge on any atom is 0.343 e. The molecule has 1 saturated heterocycles. The molecule has 1 aromatic carbocycles. The summed E-state index contributed by atoms with van der Waals surface area (Å²) in [4.78, 5) is 29.9. The number of ether oxygens (including phenoxy) is 2. The van der Waals surface area contributed by atoms with Gasteiger partial charge in [0.1, 0.15) is 5.56 Å². The van der Waals surface area contributed by atoms with Crippen molar-refractivity contribution >= 4 is 16.9 Å². The minimum Gasteiger partial charge on any atom is -0.462 e. The molecule has 0 bridgehead atoms. The highest BCUT2D eigenvalue weighted by Crippen LogP contribution is 2.19. The molecule has 3 rings (SSSR count). The molecule has 0 amide bonds. The van der Waals surface area contributed by atoms with Gasteiger partial charge in [-0.05, 0) is 18.6 Å². The molecule has 7 nitrogen and oxygen atoms in total. The Kier molecular flexibility index (Phi) is 5.47. The third-order valence-corrected chi connectivity index (χ3v) is 4.31. The molecule has 2 heterocycles. The van der Waals surface area contributed by atoms with Crippen molar-refractivity contribution in [1.82, 2.24) is 9.88 Å². The number of hydrogen-bond acceptors (Lipinski definition) is 6. The van der Waals surface area contributed by atoms with Crippen molar-refractivity contribution < 1.29 is 19.4 Å². The van der Waals surface area contributed by atoms with Crippen molar-refractivity contribution in [3.8, 4) is 0 Å². The molecule has 0 spiro atoms. The van der Waals surface area contributed by atoms with Gasteiger partial charge in [-0.15, -0.1) is 0 Å². The number of benzene rings is 1. The monoisotopic (exact) mass is 346 g/mol. The van der Waals surface area contributed by atoms with Crippen LogP contribution in [0.4, 0.5) is 0 Å². The molecule has 0 aliphatic carbocycles. The number of nitrogens with zero attached hydrogens (tertiary/aromatic N) is 1. The van der Waals surface area contributed by atoms with Crippen LogP contribution in [0, 0.1) is 0 Å². The number of carbonyl (C=O) groups excluding carboxylic acids is 1. The third kappa shape index (κ3) is 3.73. The fraction of sp³-hybridized carbons (Fsp3) is 0.444. The minimum absolute atomic E-state index is 0.0261. The normalized spacial score (nSPS) is 15.4. The lowest BCUT2D eigenvalue weighted by molar-refractivity contribution is 0.0342. The number of aliphatic hydroxyl groups is 1. The molecule has 2 N–H and O–H groups in total. The smallest absolute Gasteiger partial charge is 0.343 e. The Bertz CT molecular complexity index is 824. The van der Waals surface area contributed by atoms with E-state index >= 15 is 0 Å². The molecule has 1 aromatic heterocycles. The predicted molar refractivity (Wildman–Crippen MR) is 92.5 cm³/mol. The van der Waals surface area contributed by atoms with E-state index in [2.05, 4.69) is 9.88 Å². The zero-order valence-corrected chi connectivity index (χ0v) is 14.2. The molecule has 25 heavy (non-hydrogen) atoms. The number of aliphatic hydroxyl groups excluding tert-OH is 1.